The molecule has 0 aliphatic heterocycles. The molecule has 15 heteroatoms. The molecule has 0 amide bonds. The van der Waals surface area contributed by atoms with Gasteiger partial charge in [-0.1, -0.05) is 0 Å². The SMILES string of the molecule is CC(F)(F)C(F)(F)C(F)(F)C(F)(F)C(F)(F)C(O)(F)C(F)(F)F. The summed E-state index contributed by atoms with van der Waals surface area (Å²) in [6, 6.07) is 0. The highest BCUT2D eigenvalue weighted by molar-refractivity contribution is 5.12. The van der Waals surface area contributed by atoms with Gasteiger partial charge in [0.25, 0.3) is 0 Å². The second-order valence-corrected chi connectivity index (χ2v) is 4.31. The molecule has 0 aromatic heterocycles. The van der Waals surface area contributed by atoms with Crippen molar-refractivity contribution >= 4 is 0 Å². The first-order valence-electron chi connectivity index (χ1n) is 4.87. The van der Waals surface area contributed by atoms with Crippen LogP contribution in [0.4, 0.5) is 61.5 Å². The predicted molar refractivity (Wildman–Crippen MR) is 42.5 cm³/mol. The maximum Gasteiger partial charge on any atom is 0.455 e. The summed E-state index contributed by atoms with van der Waals surface area (Å²) in [4.78, 5) is 0. The van der Waals surface area contributed by atoms with Crippen molar-refractivity contribution in [3.63, 3.8) is 0 Å². The van der Waals surface area contributed by atoms with E-state index in [-0.39, 0.29) is 0 Å². The van der Waals surface area contributed by atoms with E-state index in [2.05, 4.69) is 0 Å². The summed E-state index contributed by atoms with van der Waals surface area (Å²) in [6.45, 7) is -1.12. The van der Waals surface area contributed by atoms with Gasteiger partial charge in [-0.15, -0.1) is 0 Å². The Morgan fingerprint density at radius 3 is 0.957 bits per heavy atom. The summed E-state index contributed by atoms with van der Waals surface area (Å²) in [5.74, 6) is -44.8. The molecule has 0 aliphatic carbocycles. The van der Waals surface area contributed by atoms with Crippen molar-refractivity contribution in [2.75, 3.05) is 0 Å². The van der Waals surface area contributed by atoms with Gasteiger partial charge >= 0.3 is 41.6 Å². The van der Waals surface area contributed by atoms with Crippen molar-refractivity contribution in [2.24, 2.45) is 0 Å². The van der Waals surface area contributed by atoms with E-state index in [4.69, 9.17) is 5.11 Å². The highest BCUT2D eigenvalue weighted by atomic mass is 19.4. The fraction of sp³-hybridized carbons (Fsp3) is 1.00. The standard InChI is InChI=1S/C8H4F14O/c1-2(9,10)3(11,12)4(13,14)5(15,16)6(17,18)7(19,23)8(20,21)22/h23H,1H3. The summed E-state index contributed by atoms with van der Waals surface area (Å²) < 4.78 is 174. The third-order valence-electron chi connectivity index (χ3n) is 2.53. The topological polar surface area (TPSA) is 20.2 Å². The van der Waals surface area contributed by atoms with Crippen LogP contribution in [0.2, 0.25) is 0 Å². The molecule has 0 fully saturated rings. The maximum absolute atomic E-state index is 12.8. The van der Waals surface area contributed by atoms with Gasteiger partial charge in [0, 0.05) is 6.92 Å². The van der Waals surface area contributed by atoms with Gasteiger partial charge in [0.15, 0.2) is 0 Å². The zero-order chi connectivity index (χ0) is 19.5. The van der Waals surface area contributed by atoms with E-state index in [1.165, 1.54) is 0 Å². The number of halogens is 14. The van der Waals surface area contributed by atoms with Crippen LogP contribution in [0.1, 0.15) is 6.92 Å². The van der Waals surface area contributed by atoms with Crippen molar-refractivity contribution in [2.45, 2.75) is 48.6 Å². The van der Waals surface area contributed by atoms with Crippen LogP contribution >= 0.6 is 0 Å². The van der Waals surface area contributed by atoms with Gasteiger partial charge in [-0.05, 0) is 0 Å². The first-order valence-corrected chi connectivity index (χ1v) is 4.87. The predicted octanol–water partition coefficient (Wildman–Crippen LogP) is 4.40. The van der Waals surface area contributed by atoms with Gasteiger partial charge in [-0.3, -0.25) is 0 Å². The van der Waals surface area contributed by atoms with Crippen LogP contribution in [0.25, 0.3) is 0 Å². The summed E-state index contributed by atoms with van der Waals surface area (Å²) >= 11 is 0. The molecule has 0 bridgehead atoms. The van der Waals surface area contributed by atoms with Crippen LogP contribution in [0.15, 0.2) is 0 Å². The molecule has 0 rings (SSSR count). The Labute approximate surface area is 116 Å². The number of rotatable bonds is 5. The van der Waals surface area contributed by atoms with Crippen LogP contribution in [0, 0.1) is 0 Å². The normalized spacial score (nSPS) is 18.8. The molecule has 140 valence electrons. The highest BCUT2D eigenvalue weighted by Gasteiger charge is 2.92. The average molecular weight is 382 g/mol. The Balaban J connectivity index is 6.37. The molecular weight excluding hydrogens is 378 g/mol. The van der Waals surface area contributed by atoms with Crippen LogP contribution in [-0.2, 0) is 0 Å². The van der Waals surface area contributed by atoms with E-state index < -0.39 is 48.6 Å². The summed E-state index contributed by atoms with van der Waals surface area (Å²) in [5.41, 5.74) is 0. The largest absolute Gasteiger partial charge is 0.455 e. The van der Waals surface area contributed by atoms with E-state index in [1.807, 2.05) is 0 Å². The molecule has 0 aliphatic rings. The average Bonchev–Trinajstić information content (AvgIpc) is 2.24. The lowest BCUT2D eigenvalue weighted by Gasteiger charge is -2.41. The minimum Gasteiger partial charge on any atom is -0.350 e. The lowest BCUT2D eigenvalue weighted by Crippen LogP contribution is -2.73. The molecule has 0 radical (unpaired) electrons. The van der Waals surface area contributed by atoms with Crippen molar-refractivity contribution in [3.8, 4) is 0 Å². The zero-order valence-electron chi connectivity index (χ0n) is 10.2. The maximum atomic E-state index is 12.8. The third-order valence-corrected chi connectivity index (χ3v) is 2.53. The van der Waals surface area contributed by atoms with E-state index >= 15 is 0 Å². The van der Waals surface area contributed by atoms with E-state index in [0.29, 0.717) is 0 Å². The van der Waals surface area contributed by atoms with Gasteiger partial charge in [0.2, 0.25) is 0 Å². The lowest BCUT2D eigenvalue weighted by atomic mass is 9.91. The molecule has 0 spiro atoms. The van der Waals surface area contributed by atoms with Gasteiger partial charge in [-0.2, -0.15) is 61.5 Å². The van der Waals surface area contributed by atoms with Gasteiger partial charge in [0.1, 0.15) is 0 Å². The van der Waals surface area contributed by atoms with E-state index in [0.717, 1.165) is 0 Å². The van der Waals surface area contributed by atoms with Crippen LogP contribution in [0.5, 0.6) is 0 Å². The first-order chi connectivity index (χ1) is 9.50. The molecule has 0 heterocycles. The first kappa shape index (κ1) is 22.0. The second kappa shape index (κ2) is 4.99. The minimum absolute atomic E-state index is 1.12. The fourth-order valence-electron chi connectivity index (χ4n) is 1.06. The Bertz CT molecular complexity index is 401. The number of hydrogen-bond acceptors (Lipinski definition) is 1. The lowest BCUT2D eigenvalue weighted by molar-refractivity contribution is -0.465. The molecule has 0 aromatic carbocycles. The minimum atomic E-state index is -8.07. The molecule has 0 aromatic rings. The summed E-state index contributed by atoms with van der Waals surface area (Å²) in [6.07, 6.45) is -7.35. The monoisotopic (exact) mass is 382 g/mol. The quantitative estimate of drug-likeness (QED) is 0.699. The van der Waals surface area contributed by atoms with Gasteiger partial charge in [-0.25, -0.2) is 0 Å². The summed E-state index contributed by atoms with van der Waals surface area (Å²) in [5, 5.41) is 7.76. The smallest absolute Gasteiger partial charge is 0.350 e. The fourth-order valence-corrected chi connectivity index (χ4v) is 1.06. The Morgan fingerprint density at radius 1 is 0.478 bits per heavy atom. The van der Waals surface area contributed by atoms with E-state index in [1.54, 1.807) is 0 Å². The molecule has 1 unspecified atom stereocenters. The van der Waals surface area contributed by atoms with Crippen LogP contribution < -0.4 is 0 Å². The number of hydrogen-bond donors (Lipinski definition) is 1. The number of alkyl halides is 14. The number of aliphatic hydroxyl groups is 1. The van der Waals surface area contributed by atoms with Gasteiger partial charge < -0.3 is 5.11 Å². The molecule has 0 saturated carbocycles. The van der Waals surface area contributed by atoms with Crippen molar-refractivity contribution < 1.29 is 66.6 Å². The summed E-state index contributed by atoms with van der Waals surface area (Å²) in [7, 11) is 0. The molecular formula is C8H4F14O. The van der Waals surface area contributed by atoms with Crippen molar-refractivity contribution in [3.05, 3.63) is 0 Å². The van der Waals surface area contributed by atoms with Crippen molar-refractivity contribution in [1.82, 2.24) is 0 Å². The molecule has 1 atom stereocenters. The second-order valence-electron chi connectivity index (χ2n) is 4.31. The van der Waals surface area contributed by atoms with Gasteiger partial charge in [0.05, 0.1) is 0 Å². The molecule has 1 nitrogen and oxygen atoms in total. The molecule has 23 heavy (non-hydrogen) atoms. The third kappa shape index (κ3) is 2.69. The highest BCUT2D eigenvalue weighted by Crippen LogP contribution is 2.61. The molecule has 1 N–H and O–H groups in total. The zero-order valence-corrected chi connectivity index (χ0v) is 10.2. The van der Waals surface area contributed by atoms with Crippen molar-refractivity contribution in [1.29, 1.82) is 0 Å². The van der Waals surface area contributed by atoms with Crippen LogP contribution in [0.3, 0.4) is 0 Å². The Kier molecular flexibility index (Phi) is 4.77. The molecule has 0 saturated heterocycles. The van der Waals surface area contributed by atoms with Crippen LogP contribution in [-0.4, -0.2) is 46.8 Å². The Hall–Kier alpha value is -1.02. The van der Waals surface area contributed by atoms with E-state index in [9.17, 15) is 61.5 Å². The Morgan fingerprint density at radius 2 is 0.739 bits per heavy atom.